The van der Waals surface area contributed by atoms with Crippen molar-refractivity contribution in [3.63, 3.8) is 0 Å². The first kappa shape index (κ1) is 24.9. The van der Waals surface area contributed by atoms with Gasteiger partial charge in [0.1, 0.15) is 0 Å². The van der Waals surface area contributed by atoms with Crippen molar-refractivity contribution in [1.82, 2.24) is 5.32 Å². The van der Waals surface area contributed by atoms with Crippen molar-refractivity contribution >= 4 is 34.3 Å². The zero-order valence-corrected chi connectivity index (χ0v) is 20.2. The minimum Gasteiger partial charge on any atom is -0.353 e. The lowest BCUT2D eigenvalue weighted by Gasteiger charge is -2.36. The maximum absolute atomic E-state index is 12.7. The normalized spacial score (nSPS) is 18.6. The van der Waals surface area contributed by atoms with Gasteiger partial charge in [0.15, 0.2) is 5.78 Å². The summed E-state index contributed by atoms with van der Waals surface area (Å²) in [6.45, 7) is 21.1. The number of ketones is 1. The monoisotopic (exact) mass is 465 g/mol. The number of rotatable bonds is 10. The van der Waals surface area contributed by atoms with E-state index >= 15 is 0 Å². The highest BCUT2D eigenvalue weighted by atomic mass is 127. The largest absolute Gasteiger partial charge is 0.353 e. The third-order valence-corrected chi connectivity index (χ3v) is 6.73. The quantitative estimate of drug-likeness (QED) is 0.335. The number of halogens is 1. The minimum atomic E-state index is -0.409. The highest BCUT2D eigenvalue weighted by Gasteiger charge is 2.39. The topological polar surface area (TPSA) is 46.2 Å². The molecule has 0 heterocycles. The average molecular weight is 465 g/mol. The summed E-state index contributed by atoms with van der Waals surface area (Å²) in [6.07, 6.45) is 1.55. The molecule has 4 atom stereocenters. The Morgan fingerprint density at radius 1 is 0.880 bits per heavy atom. The van der Waals surface area contributed by atoms with E-state index in [1.165, 1.54) is 0 Å². The van der Waals surface area contributed by atoms with E-state index in [4.69, 9.17) is 0 Å². The van der Waals surface area contributed by atoms with Crippen LogP contribution in [0.5, 0.6) is 0 Å². The number of hydrogen-bond acceptors (Lipinski definition) is 2. The molecule has 0 spiro atoms. The molecule has 1 N–H and O–H groups in total. The second-order valence-corrected chi connectivity index (χ2v) is 11.3. The molecule has 4 heteroatoms. The van der Waals surface area contributed by atoms with Crippen LogP contribution in [0.25, 0.3) is 0 Å². The first-order valence-corrected chi connectivity index (χ1v) is 10.9. The van der Waals surface area contributed by atoms with E-state index in [9.17, 15) is 9.59 Å². The van der Waals surface area contributed by atoms with Gasteiger partial charge in [-0.2, -0.15) is 0 Å². The Morgan fingerprint density at radius 2 is 1.36 bits per heavy atom. The number of amides is 1. The molecule has 0 saturated heterocycles. The minimum absolute atomic E-state index is 0.0105. The van der Waals surface area contributed by atoms with Crippen molar-refractivity contribution in [3.8, 4) is 0 Å². The Labute approximate surface area is 169 Å². The molecule has 0 rings (SSSR count). The molecule has 0 radical (unpaired) electrons. The molecular formula is C21H40INO2. The van der Waals surface area contributed by atoms with Gasteiger partial charge in [0, 0.05) is 17.4 Å². The maximum Gasteiger partial charge on any atom is 0.223 e. The van der Waals surface area contributed by atoms with Gasteiger partial charge < -0.3 is 5.32 Å². The summed E-state index contributed by atoms with van der Waals surface area (Å²) in [5.41, 5.74) is -0.271. The first-order valence-electron chi connectivity index (χ1n) is 9.63. The van der Waals surface area contributed by atoms with Crippen LogP contribution in [-0.2, 0) is 9.59 Å². The summed E-state index contributed by atoms with van der Waals surface area (Å²) in [5, 5.41) is 3.15. The third-order valence-electron chi connectivity index (χ3n) is 6.16. The molecule has 1 amide bonds. The first-order chi connectivity index (χ1) is 11.1. The standard InChI is InChI=1S/C21H40INO2/c1-13(2)20(8,9)11-15(5)19(25)23-16(6)12-21(10,14(3)4)18(24)17(7)22/h13-17H,11-12H2,1-10H3,(H,23,25). The van der Waals surface area contributed by atoms with Gasteiger partial charge in [-0.15, -0.1) is 0 Å². The van der Waals surface area contributed by atoms with Crippen molar-refractivity contribution in [1.29, 1.82) is 0 Å². The summed E-state index contributed by atoms with van der Waals surface area (Å²) in [4.78, 5) is 25.3. The van der Waals surface area contributed by atoms with E-state index < -0.39 is 5.41 Å². The fraction of sp³-hybridized carbons (Fsp3) is 0.905. The Hall–Kier alpha value is -0.130. The summed E-state index contributed by atoms with van der Waals surface area (Å²) < 4.78 is -0.0151. The van der Waals surface area contributed by atoms with E-state index in [-0.39, 0.29) is 38.9 Å². The number of Topliss-reactive ketones (excluding diaryl/α,β-unsaturated/α-hetero) is 1. The predicted molar refractivity (Wildman–Crippen MR) is 116 cm³/mol. The average Bonchev–Trinajstić information content (AvgIpc) is 2.44. The number of carbonyl (C=O) groups excluding carboxylic acids is 2. The molecule has 0 aromatic carbocycles. The SMILES string of the molecule is CC(CC(C)(C(=O)C(C)I)C(C)C)NC(=O)C(C)CC(C)(C)C(C)C. The van der Waals surface area contributed by atoms with Crippen molar-refractivity contribution < 1.29 is 9.59 Å². The van der Waals surface area contributed by atoms with E-state index in [0.717, 1.165) is 6.42 Å². The molecule has 3 nitrogen and oxygen atoms in total. The Bertz CT molecular complexity index is 457. The summed E-state index contributed by atoms with van der Waals surface area (Å²) in [7, 11) is 0. The highest BCUT2D eigenvalue weighted by molar-refractivity contribution is 14.1. The molecule has 0 aliphatic rings. The number of alkyl halides is 1. The van der Waals surface area contributed by atoms with Crippen LogP contribution < -0.4 is 5.32 Å². The number of nitrogens with one attached hydrogen (secondary N) is 1. The predicted octanol–water partition coefficient (Wildman–Crippen LogP) is 5.64. The van der Waals surface area contributed by atoms with Crippen molar-refractivity contribution in [2.45, 2.75) is 92.0 Å². The summed E-state index contributed by atoms with van der Waals surface area (Å²) in [6, 6.07) is -0.0105. The van der Waals surface area contributed by atoms with E-state index in [2.05, 4.69) is 69.5 Å². The molecule has 0 aliphatic carbocycles. The van der Waals surface area contributed by atoms with Gasteiger partial charge >= 0.3 is 0 Å². The van der Waals surface area contributed by atoms with Crippen LogP contribution in [0.1, 0.15) is 82.1 Å². The van der Waals surface area contributed by atoms with Gasteiger partial charge in [0.25, 0.3) is 0 Å². The Balaban J connectivity index is 4.94. The maximum atomic E-state index is 12.7. The Morgan fingerprint density at radius 3 is 1.72 bits per heavy atom. The van der Waals surface area contributed by atoms with Crippen LogP contribution in [0.3, 0.4) is 0 Å². The van der Waals surface area contributed by atoms with Crippen LogP contribution in [0, 0.1) is 28.6 Å². The lowest BCUT2D eigenvalue weighted by Crippen LogP contribution is -2.45. The molecule has 0 bridgehead atoms. The van der Waals surface area contributed by atoms with Gasteiger partial charge in [0.2, 0.25) is 5.91 Å². The molecule has 0 aromatic rings. The molecule has 0 saturated carbocycles. The van der Waals surface area contributed by atoms with E-state index in [1.54, 1.807) is 0 Å². The fourth-order valence-electron chi connectivity index (χ4n) is 3.26. The smallest absolute Gasteiger partial charge is 0.223 e. The molecule has 0 aliphatic heterocycles. The Kier molecular flexibility index (Phi) is 9.65. The van der Waals surface area contributed by atoms with Gasteiger partial charge in [0.05, 0.1) is 3.92 Å². The molecule has 148 valence electrons. The zero-order chi connectivity index (χ0) is 20.2. The molecular weight excluding hydrogens is 425 g/mol. The molecule has 4 unspecified atom stereocenters. The van der Waals surface area contributed by atoms with E-state index in [1.807, 2.05) is 27.7 Å². The van der Waals surface area contributed by atoms with Crippen LogP contribution in [0.2, 0.25) is 0 Å². The van der Waals surface area contributed by atoms with Crippen LogP contribution in [0.15, 0.2) is 0 Å². The summed E-state index contributed by atoms with van der Waals surface area (Å²) >= 11 is 2.19. The van der Waals surface area contributed by atoms with Crippen molar-refractivity contribution in [2.24, 2.45) is 28.6 Å². The third kappa shape index (κ3) is 7.18. The molecule has 0 aromatic heterocycles. The lowest BCUT2D eigenvalue weighted by atomic mass is 9.70. The molecule has 0 fully saturated rings. The number of carbonyl (C=O) groups is 2. The van der Waals surface area contributed by atoms with Gasteiger partial charge in [-0.25, -0.2) is 0 Å². The highest BCUT2D eigenvalue weighted by Crippen LogP contribution is 2.37. The number of hydrogen-bond donors (Lipinski definition) is 1. The van der Waals surface area contributed by atoms with Gasteiger partial charge in [-0.1, -0.05) is 78.0 Å². The van der Waals surface area contributed by atoms with Gasteiger partial charge in [-0.3, -0.25) is 9.59 Å². The van der Waals surface area contributed by atoms with E-state index in [0.29, 0.717) is 12.3 Å². The van der Waals surface area contributed by atoms with Crippen LogP contribution >= 0.6 is 22.6 Å². The second-order valence-electron chi connectivity index (χ2n) is 9.41. The second kappa shape index (κ2) is 9.70. The molecule has 25 heavy (non-hydrogen) atoms. The fourth-order valence-corrected chi connectivity index (χ4v) is 3.98. The van der Waals surface area contributed by atoms with Crippen molar-refractivity contribution in [3.05, 3.63) is 0 Å². The van der Waals surface area contributed by atoms with Crippen LogP contribution in [-0.4, -0.2) is 21.7 Å². The summed E-state index contributed by atoms with van der Waals surface area (Å²) in [5.74, 6) is 1.13. The van der Waals surface area contributed by atoms with Crippen molar-refractivity contribution in [2.75, 3.05) is 0 Å². The lowest BCUT2D eigenvalue weighted by molar-refractivity contribution is -0.131. The zero-order valence-electron chi connectivity index (χ0n) is 18.0. The van der Waals surface area contributed by atoms with Gasteiger partial charge in [-0.05, 0) is 43.9 Å². The van der Waals surface area contributed by atoms with Crippen LogP contribution in [0.4, 0.5) is 0 Å².